The number of benzene rings is 2. The molecular formula is C22H18ClN3O6. The van der Waals surface area contributed by atoms with Gasteiger partial charge in [0.2, 0.25) is 5.75 Å². The number of nitrogens with zero attached hydrogens (tertiary/aromatic N) is 2. The van der Waals surface area contributed by atoms with E-state index < -0.39 is 10.9 Å². The number of rotatable bonds is 7. The molecular weight excluding hydrogens is 438 g/mol. The maximum absolute atomic E-state index is 12.5. The lowest BCUT2D eigenvalue weighted by Gasteiger charge is -2.11. The van der Waals surface area contributed by atoms with Crippen LogP contribution in [-0.4, -0.2) is 34.6 Å². The second-order valence-corrected chi connectivity index (χ2v) is 7.24. The van der Waals surface area contributed by atoms with E-state index in [1.54, 1.807) is 19.1 Å². The first-order valence-electron chi connectivity index (χ1n) is 9.64. The number of esters is 1. The molecule has 0 aliphatic rings. The van der Waals surface area contributed by atoms with E-state index in [9.17, 15) is 14.9 Å². The highest BCUT2D eigenvalue weighted by Crippen LogP contribution is 2.40. The quantitative estimate of drug-likeness (QED) is 0.225. The van der Waals surface area contributed by atoms with Gasteiger partial charge in [-0.3, -0.25) is 10.1 Å². The summed E-state index contributed by atoms with van der Waals surface area (Å²) in [5.74, 6) is -0.227. The molecule has 2 aromatic carbocycles. The Morgan fingerprint density at radius 3 is 2.72 bits per heavy atom. The van der Waals surface area contributed by atoms with E-state index in [2.05, 4.69) is 9.97 Å². The Bertz CT molecular complexity index is 1350. The molecule has 0 aliphatic carbocycles. The van der Waals surface area contributed by atoms with E-state index in [1.807, 2.05) is 6.07 Å². The average Bonchev–Trinajstić information content (AvgIpc) is 3.14. The molecule has 9 nitrogen and oxygen atoms in total. The van der Waals surface area contributed by atoms with Gasteiger partial charge in [0.25, 0.3) is 0 Å². The van der Waals surface area contributed by atoms with Crippen molar-refractivity contribution in [3.05, 3.63) is 69.0 Å². The fourth-order valence-electron chi connectivity index (χ4n) is 3.56. The van der Waals surface area contributed by atoms with Crippen LogP contribution in [0.15, 0.2) is 42.6 Å². The van der Waals surface area contributed by atoms with Gasteiger partial charge in [-0.1, -0.05) is 17.7 Å². The zero-order valence-corrected chi connectivity index (χ0v) is 17.9. The van der Waals surface area contributed by atoms with Crippen LogP contribution in [0.3, 0.4) is 0 Å². The van der Waals surface area contributed by atoms with Gasteiger partial charge in [-0.25, -0.2) is 9.78 Å². The zero-order valence-electron chi connectivity index (χ0n) is 17.2. The molecule has 2 aromatic heterocycles. The van der Waals surface area contributed by atoms with Crippen LogP contribution in [0.4, 0.5) is 5.69 Å². The molecule has 0 spiro atoms. The smallest absolute Gasteiger partial charge is 0.357 e. The number of nitro groups is 1. The van der Waals surface area contributed by atoms with Crippen molar-refractivity contribution in [2.45, 2.75) is 13.5 Å². The van der Waals surface area contributed by atoms with Gasteiger partial charge in [-0.15, -0.1) is 0 Å². The van der Waals surface area contributed by atoms with Gasteiger partial charge in [0.05, 0.1) is 40.8 Å². The number of hydrogen-bond acceptors (Lipinski definition) is 7. The first-order chi connectivity index (χ1) is 15.4. The third-order valence-electron chi connectivity index (χ3n) is 4.82. The molecule has 0 amide bonds. The number of pyridine rings is 1. The summed E-state index contributed by atoms with van der Waals surface area (Å²) in [4.78, 5) is 30.9. The number of nitrogens with one attached hydrogen (secondary N) is 1. The van der Waals surface area contributed by atoms with Crippen LogP contribution >= 0.6 is 11.6 Å². The summed E-state index contributed by atoms with van der Waals surface area (Å²) in [5, 5.41) is 13.0. The molecule has 0 unspecified atom stereocenters. The molecule has 2 heterocycles. The van der Waals surface area contributed by atoms with Crippen molar-refractivity contribution < 1.29 is 23.9 Å². The second kappa shape index (κ2) is 8.81. The number of carbonyl (C=O) groups is 1. The zero-order chi connectivity index (χ0) is 22.8. The van der Waals surface area contributed by atoms with Crippen molar-refractivity contribution >= 4 is 45.1 Å². The number of fused-ring (bicyclic) bond motifs is 3. The van der Waals surface area contributed by atoms with E-state index in [-0.39, 0.29) is 30.3 Å². The number of nitro benzene ring substituents is 1. The molecule has 4 aromatic rings. The predicted molar refractivity (Wildman–Crippen MR) is 118 cm³/mol. The molecule has 1 N–H and O–H groups in total. The topological polar surface area (TPSA) is 117 Å². The Labute approximate surface area is 187 Å². The highest BCUT2D eigenvalue weighted by Gasteiger charge is 2.23. The van der Waals surface area contributed by atoms with Gasteiger partial charge in [0.1, 0.15) is 5.75 Å². The largest absolute Gasteiger partial charge is 0.461 e. The molecule has 164 valence electrons. The lowest BCUT2D eigenvalue weighted by atomic mass is 10.0. The Hall–Kier alpha value is -3.69. The second-order valence-electron chi connectivity index (χ2n) is 6.80. The summed E-state index contributed by atoms with van der Waals surface area (Å²) in [6, 6.07) is 9.35. The molecule has 0 atom stereocenters. The van der Waals surface area contributed by atoms with Gasteiger partial charge >= 0.3 is 11.7 Å². The maximum atomic E-state index is 12.5. The van der Waals surface area contributed by atoms with Crippen LogP contribution < -0.4 is 4.74 Å². The summed E-state index contributed by atoms with van der Waals surface area (Å²) in [6.07, 6.45) is 1.53. The molecule has 4 rings (SSSR count). The van der Waals surface area contributed by atoms with E-state index in [4.69, 9.17) is 25.8 Å². The van der Waals surface area contributed by atoms with Crippen molar-refractivity contribution in [2.75, 3.05) is 13.7 Å². The van der Waals surface area contributed by atoms with Crippen molar-refractivity contribution in [3.8, 4) is 11.5 Å². The van der Waals surface area contributed by atoms with Crippen LogP contribution in [0, 0.1) is 10.1 Å². The predicted octanol–water partition coefficient (Wildman–Crippen LogP) is 5.39. The Balaban J connectivity index is 1.98. The summed E-state index contributed by atoms with van der Waals surface area (Å²) in [5.41, 5.74) is 1.77. The van der Waals surface area contributed by atoms with Crippen LogP contribution in [0.25, 0.3) is 21.8 Å². The lowest BCUT2D eigenvalue weighted by molar-refractivity contribution is -0.385. The molecule has 10 heteroatoms. The molecule has 0 saturated heterocycles. The van der Waals surface area contributed by atoms with Crippen molar-refractivity contribution in [2.24, 2.45) is 0 Å². The lowest BCUT2D eigenvalue weighted by Crippen LogP contribution is -2.11. The number of carbonyl (C=O) groups excluding carboxylic acids is 1. The summed E-state index contributed by atoms with van der Waals surface area (Å²) in [7, 11) is 1.51. The Morgan fingerprint density at radius 1 is 1.19 bits per heavy atom. The number of ether oxygens (including phenoxy) is 3. The number of halogens is 1. The first-order valence-corrected chi connectivity index (χ1v) is 10.0. The van der Waals surface area contributed by atoms with E-state index >= 15 is 0 Å². The van der Waals surface area contributed by atoms with Gasteiger partial charge in [0, 0.05) is 35.2 Å². The van der Waals surface area contributed by atoms with Gasteiger partial charge in [-0.2, -0.15) is 0 Å². The normalized spacial score (nSPS) is 11.1. The molecule has 32 heavy (non-hydrogen) atoms. The third-order valence-corrected chi connectivity index (χ3v) is 5.06. The highest BCUT2D eigenvalue weighted by atomic mass is 35.5. The number of hydrogen-bond donors (Lipinski definition) is 1. The van der Waals surface area contributed by atoms with Gasteiger partial charge < -0.3 is 19.2 Å². The Kier molecular flexibility index (Phi) is 5.93. The average molecular weight is 456 g/mol. The van der Waals surface area contributed by atoms with Crippen molar-refractivity contribution in [3.63, 3.8) is 0 Å². The van der Waals surface area contributed by atoms with Crippen LogP contribution in [0.5, 0.6) is 11.5 Å². The minimum absolute atomic E-state index is 0.00249. The maximum Gasteiger partial charge on any atom is 0.357 e. The van der Waals surface area contributed by atoms with Crippen LogP contribution in [0.2, 0.25) is 5.02 Å². The van der Waals surface area contributed by atoms with Crippen molar-refractivity contribution in [1.82, 2.24) is 9.97 Å². The standard InChI is InChI=1S/C22H18ClN3O6/c1-3-31-22(27)21-13(11-30-2)19-15(10-24-21)25-14-5-4-6-17(20(14)19)32-18-9-12(23)7-8-16(18)26(28)29/h4-10,25H,3,11H2,1-2H3. The van der Waals surface area contributed by atoms with Crippen LogP contribution in [0.1, 0.15) is 23.0 Å². The van der Waals surface area contributed by atoms with E-state index in [0.717, 1.165) is 0 Å². The number of aromatic nitrogens is 2. The van der Waals surface area contributed by atoms with Gasteiger partial charge in [0.15, 0.2) is 5.69 Å². The number of aromatic amines is 1. The molecule has 0 fully saturated rings. The summed E-state index contributed by atoms with van der Waals surface area (Å²) >= 11 is 6.05. The van der Waals surface area contributed by atoms with E-state index in [1.165, 1.54) is 31.5 Å². The minimum Gasteiger partial charge on any atom is -0.461 e. The molecule has 0 aliphatic heterocycles. The number of methoxy groups -OCH3 is 1. The van der Waals surface area contributed by atoms with Crippen LogP contribution in [-0.2, 0) is 16.1 Å². The number of H-pyrrole nitrogens is 1. The Morgan fingerprint density at radius 2 is 2.00 bits per heavy atom. The fourth-order valence-corrected chi connectivity index (χ4v) is 3.72. The monoisotopic (exact) mass is 455 g/mol. The first kappa shape index (κ1) is 21.5. The summed E-state index contributed by atoms with van der Waals surface area (Å²) < 4.78 is 16.5. The van der Waals surface area contributed by atoms with Gasteiger partial charge in [-0.05, 0) is 25.1 Å². The summed E-state index contributed by atoms with van der Waals surface area (Å²) in [6.45, 7) is 2.00. The molecule has 0 saturated carbocycles. The van der Waals surface area contributed by atoms with E-state index in [0.29, 0.717) is 38.1 Å². The molecule has 0 bridgehead atoms. The fraction of sp³-hybridized carbons (Fsp3) is 0.182. The highest BCUT2D eigenvalue weighted by molar-refractivity contribution is 6.30. The van der Waals surface area contributed by atoms with Crippen molar-refractivity contribution in [1.29, 1.82) is 0 Å². The minimum atomic E-state index is -0.570. The third kappa shape index (κ3) is 3.83. The molecule has 0 radical (unpaired) electrons. The SMILES string of the molecule is CCOC(=O)c1ncc2[nH]c3cccc(Oc4cc(Cl)ccc4[N+](=O)[O-])c3c2c1COC.